The fourth-order valence-electron chi connectivity index (χ4n) is 5.74. The lowest BCUT2D eigenvalue weighted by Crippen LogP contribution is -2.57. The van der Waals surface area contributed by atoms with E-state index in [-0.39, 0.29) is 31.1 Å². The molecular formula is C29H34N4O4. The molecule has 0 radical (unpaired) electrons. The number of amides is 2. The molecule has 3 aromatic rings. The standard InChI is InChI=1S/C29H34N4O4/c34-25-15-9-3-8-14-24(25)33-20-30-26(27(33)22-12-6-2-7-13-22)28(35)32-17-16-31(29(36)37)19-23(32)18-21-10-4-1-5-11-21/h1-2,4-7,10-13,20,23-25,34H,3,8-9,14-19H2,(H,36,37)/t23-,24+,25+/m1/s1. The Hall–Kier alpha value is -3.65. The van der Waals surface area contributed by atoms with Gasteiger partial charge < -0.3 is 24.6 Å². The second-order valence-electron chi connectivity index (χ2n) is 10.1. The number of hydrogen-bond acceptors (Lipinski definition) is 4. The highest BCUT2D eigenvalue weighted by molar-refractivity contribution is 5.98. The van der Waals surface area contributed by atoms with Gasteiger partial charge in [-0.15, -0.1) is 0 Å². The number of aliphatic hydroxyl groups excluding tert-OH is 1. The first-order chi connectivity index (χ1) is 18.0. The van der Waals surface area contributed by atoms with Gasteiger partial charge in [-0.2, -0.15) is 0 Å². The number of aromatic nitrogens is 2. The number of rotatable bonds is 5. The summed E-state index contributed by atoms with van der Waals surface area (Å²) in [6, 6.07) is 19.1. The molecule has 1 aliphatic heterocycles. The van der Waals surface area contributed by atoms with Crippen molar-refractivity contribution in [2.45, 2.75) is 56.7 Å². The van der Waals surface area contributed by atoms with Crippen LogP contribution in [-0.2, 0) is 6.42 Å². The van der Waals surface area contributed by atoms with Crippen LogP contribution in [0, 0.1) is 0 Å². The van der Waals surface area contributed by atoms with Crippen molar-refractivity contribution in [3.05, 3.63) is 78.2 Å². The second-order valence-corrected chi connectivity index (χ2v) is 10.1. The van der Waals surface area contributed by atoms with E-state index in [9.17, 15) is 19.8 Å². The normalized spacial score (nSPS) is 22.5. The number of imidazole rings is 1. The van der Waals surface area contributed by atoms with Gasteiger partial charge in [-0.1, -0.05) is 79.9 Å². The second kappa shape index (κ2) is 11.2. The maximum absolute atomic E-state index is 14.1. The highest BCUT2D eigenvalue weighted by Gasteiger charge is 2.36. The van der Waals surface area contributed by atoms with Crippen LogP contribution in [0.3, 0.4) is 0 Å². The van der Waals surface area contributed by atoms with Crippen molar-refractivity contribution in [2.24, 2.45) is 0 Å². The minimum absolute atomic E-state index is 0.143. The average Bonchev–Trinajstić information content (AvgIpc) is 3.24. The lowest BCUT2D eigenvalue weighted by molar-refractivity contribution is 0.0446. The Morgan fingerprint density at radius 2 is 1.62 bits per heavy atom. The lowest BCUT2D eigenvalue weighted by atomic mass is 10.0. The van der Waals surface area contributed by atoms with E-state index in [1.54, 1.807) is 11.2 Å². The van der Waals surface area contributed by atoms with Gasteiger partial charge in [-0.05, 0) is 24.8 Å². The first-order valence-corrected chi connectivity index (χ1v) is 13.2. The summed E-state index contributed by atoms with van der Waals surface area (Å²) in [7, 11) is 0. The Bertz CT molecular complexity index is 1210. The average molecular weight is 503 g/mol. The molecular weight excluding hydrogens is 468 g/mol. The molecule has 8 heteroatoms. The van der Waals surface area contributed by atoms with E-state index in [4.69, 9.17) is 0 Å². The molecule has 2 fully saturated rings. The van der Waals surface area contributed by atoms with Gasteiger partial charge in [0.2, 0.25) is 0 Å². The number of benzene rings is 2. The molecule has 0 spiro atoms. The van der Waals surface area contributed by atoms with Crippen LogP contribution in [0.15, 0.2) is 67.0 Å². The Labute approximate surface area is 217 Å². The van der Waals surface area contributed by atoms with Gasteiger partial charge in [0, 0.05) is 25.2 Å². The largest absolute Gasteiger partial charge is 0.465 e. The molecule has 5 rings (SSSR count). The van der Waals surface area contributed by atoms with Crippen LogP contribution in [0.25, 0.3) is 11.3 Å². The van der Waals surface area contributed by atoms with Crippen LogP contribution in [-0.4, -0.2) is 73.3 Å². The Balaban J connectivity index is 1.52. The summed E-state index contributed by atoms with van der Waals surface area (Å²) in [6.07, 6.45) is 5.46. The Morgan fingerprint density at radius 3 is 2.35 bits per heavy atom. The van der Waals surface area contributed by atoms with Gasteiger partial charge in [0.1, 0.15) is 0 Å². The highest BCUT2D eigenvalue weighted by atomic mass is 16.4. The van der Waals surface area contributed by atoms with E-state index in [1.807, 2.05) is 65.2 Å². The van der Waals surface area contributed by atoms with Crippen LogP contribution >= 0.6 is 0 Å². The summed E-state index contributed by atoms with van der Waals surface area (Å²) < 4.78 is 2.00. The van der Waals surface area contributed by atoms with Gasteiger partial charge in [0.15, 0.2) is 5.69 Å². The van der Waals surface area contributed by atoms with Gasteiger partial charge in [0.25, 0.3) is 5.91 Å². The first kappa shape index (κ1) is 25.0. The topological polar surface area (TPSA) is 98.9 Å². The number of nitrogens with zero attached hydrogens (tertiary/aromatic N) is 4. The van der Waals surface area contributed by atoms with Crippen molar-refractivity contribution in [1.82, 2.24) is 19.4 Å². The minimum Gasteiger partial charge on any atom is -0.465 e. The number of aliphatic hydroxyl groups is 1. The van der Waals surface area contributed by atoms with E-state index in [0.717, 1.165) is 48.9 Å². The maximum atomic E-state index is 14.1. The summed E-state index contributed by atoms with van der Waals surface area (Å²) in [5, 5.41) is 20.6. The third kappa shape index (κ3) is 5.39. The number of hydrogen-bond donors (Lipinski definition) is 2. The predicted molar refractivity (Wildman–Crippen MR) is 140 cm³/mol. The zero-order valence-electron chi connectivity index (χ0n) is 20.9. The molecule has 8 nitrogen and oxygen atoms in total. The monoisotopic (exact) mass is 502 g/mol. The highest BCUT2D eigenvalue weighted by Crippen LogP contribution is 2.34. The van der Waals surface area contributed by atoms with E-state index < -0.39 is 12.2 Å². The molecule has 2 heterocycles. The molecule has 0 unspecified atom stereocenters. The third-order valence-electron chi connectivity index (χ3n) is 7.67. The van der Waals surface area contributed by atoms with Crippen molar-refractivity contribution >= 4 is 12.0 Å². The van der Waals surface area contributed by atoms with Gasteiger partial charge in [-0.25, -0.2) is 9.78 Å². The van der Waals surface area contributed by atoms with Crippen LogP contribution < -0.4 is 0 Å². The Morgan fingerprint density at radius 1 is 0.919 bits per heavy atom. The van der Waals surface area contributed by atoms with E-state index >= 15 is 0 Å². The van der Waals surface area contributed by atoms with Crippen molar-refractivity contribution < 1.29 is 19.8 Å². The zero-order chi connectivity index (χ0) is 25.8. The van der Waals surface area contributed by atoms with Crippen LogP contribution in [0.4, 0.5) is 4.79 Å². The van der Waals surface area contributed by atoms with Crippen LogP contribution in [0.1, 0.15) is 54.2 Å². The quantitative estimate of drug-likeness (QED) is 0.502. The third-order valence-corrected chi connectivity index (χ3v) is 7.67. The van der Waals surface area contributed by atoms with Crippen molar-refractivity contribution in [1.29, 1.82) is 0 Å². The van der Waals surface area contributed by atoms with Gasteiger partial charge >= 0.3 is 6.09 Å². The Kier molecular flexibility index (Phi) is 7.55. The molecule has 2 aliphatic rings. The fourth-order valence-corrected chi connectivity index (χ4v) is 5.74. The molecule has 3 atom stereocenters. The maximum Gasteiger partial charge on any atom is 0.407 e. The van der Waals surface area contributed by atoms with Crippen LogP contribution in [0.2, 0.25) is 0 Å². The molecule has 2 aromatic carbocycles. The molecule has 2 N–H and O–H groups in total. The fraction of sp³-hybridized carbons (Fsp3) is 0.414. The summed E-state index contributed by atoms with van der Waals surface area (Å²) in [5.74, 6) is -0.202. The predicted octanol–water partition coefficient (Wildman–Crippen LogP) is 4.46. The van der Waals surface area contributed by atoms with Gasteiger partial charge in [-0.3, -0.25) is 4.79 Å². The molecule has 2 amide bonds. The molecule has 1 saturated heterocycles. The molecule has 1 saturated carbocycles. The SMILES string of the molecule is O=C(O)N1CCN(C(=O)c2ncn([C@H]3CCCCC[C@@H]3O)c2-c2ccccc2)[C@H](Cc2ccccc2)C1. The van der Waals surface area contributed by atoms with Gasteiger partial charge in [0.05, 0.1) is 30.2 Å². The van der Waals surface area contributed by atoms with Crippen molar-refractivity contribution in [3.8, 4) is 11.3 Å². The summed E-state index contributed by atoms with van der Waals surface area (Å²) >= 11 is 0. The first-order valence-electron chi connectivity index (χ1n) is 13.2. The van der Waals surface area contributed by atoms with Crippen LogP contribution in [0.5, 0.6) is 0 Å². The van der Waals surface area contributed by atoms with E-state index in [2.05, 4.69) is 4.98 Å². The summed E-state index contributed by atoms with van der Waals surface area (Å²) in [5.41, 5.74) is 3.00. The molecule has 37 heavy (non-hydrogen) atoms. The number of carbonyl (C=O) groups is 2. The number of piperazine rings is 1. The van der Waals surface area contributed by atoms with Crippen molar-refractivity contribution in [2.75, 3.05) is 19.6 Å². The molecule has 0 bridgehead atoms. The molecule has 1 aliphatic carbocycles. The summed E-state index contributed by atoms with van der Waals surface area (Å²) in [6.45, 7) is 0.809. The molecule has 194 valence electrons. The smallest absolute Gasteiger partial charge is 0.407 e. The summed E-state index contributed by atoms with van der Waals surface area (Å²) in [4.78, 5) is 33.7. The lowest BCUT2D eigenvalue weighted by Gasteiger charge is -2.40. The van der Waals surface area contributed by atoms with E-state index in [0.29, 0.717) is 18.7 Å². The van der Waals surface area contributed by atoms with Crippen molar-refractivity contribution in [3.63, 3.8) is 0 Å². The number of carboxylic acid groups (broad SMARTS) is 1. The minimum atomic E-state index is -0.971. The zero-order valence-corrected chi connectivity index (χ0v) is 20.9. The van der Waals surface area contributed by atoms with E-state index in [1.165, 1.54) is 4.90 Å². The molecule has 1 aromatic heterocycles. The number of carbonyl (C=O) groups excluding carboxylic acids is 1.